The summed E-state index contributed by atoms with van der Waals surface area (Å²) in [6, 6.07) is 0.554. The van der Waals surface area contributed by atoms with Crippen LogP contribution in [0.15, 0.2) is 4.47 Å². The van der Waals surface area contributed by atoms with Crippen LogP contribution in [-0.2, 0) is 19.9 Å². The van der Waals surface area contributed by atoms with Gasteiger partial charge in [0.1, 0.15) is 0 Å². The smallest absolute Gasteiger partial charge is 0.0766 e. The van der Waals surface area contributed by atoms with Crippen molar-refractivity contribution >= 4 is 15.9 Å². The van der Waals surface area contributed by atoms with Gasteiger partial charge in [0.05, 0.1) is 15.9 Å². The minimum Gasteiger partial charge on any atom is -0.314 e. The van der Waals surface area contributed by atoms with E-state index in [0.29, 0.717) is 12.0 Å². The van der Waals surface area contributed by atoms with Crippen LogP contribution in [0.2, 0.25) is 0 Å². The van der Waals surface area contributed by atoms with Crippen LogP contribution in [0, 0.1) is 5.92 Å². The molecule has 0 saturated carbocycles. The molecule has 0 saturated heterocycles. The lowest BCUT2D eigenvalue weighted by Gasteiger charge is -2.15. The third-order valence-electron chi connectivity index (χ3n) is 2.92. The Kier molecular flexibility index (Phi) is 5.67. The molecule has 3 nitrogen and oxygen atoms in total. The molecule has 98 valence electrons. The second-order valence-corrected chi connectivity index (χ2v) is 5.85. The Morgan fingerprint density at radius 1 is 1.35 bits per heavy atom. The molecule has 1 aromatic heterocycles. The van der Waals surface area contributed by atoms with E-state index < -0.39 is 0 Å². The van der Waals surface area contributed by atoms with Crippen molar-refractivity contribution in [1.82, 2.24) is 15.1 Å². The van der Waals surface area contributed by atoms with Gasteiger partial charge < -0.3 is 5.32 Å². The second-order valence-electron chi connectivity index (χ2n) is 5.06. The summed E-state index contributed by atoms with van der Waals surface area (Å²) in [6.45, 7) is 9.83. The first kappa shape index (κ1) is 14.7. The lowest BCUT2D eigenvalue weighted by atomic mass is 10.0. The summed E-state index contributed by atoms with van der Waals surface area (Å²) < 4.78 is 3.20. The van der Waals surface area contributed by atoms with Crippen molar-refractivity contribution in [2.75, 3.05) is 6.54 Å². The topological polar surface area (TPSA) is 29.9 Å². The molecule has 0 spiro atoms. The molecule has 1 aromatic rings. The fourth-order valence-electron chi connectivity index (χ4n) is 1.88. The number of halogens is 1. The number of rotatable bonds is 6. The average molecular weight is 302 g/mol. The zero-order valence-corrected chi connectivity index (χ0v) is 13.1. The number of hydrogen-bond acceptors (Lipinski definition) is 2. The summed E-state index contributed by atoms with van der Waals surface area (Å²) in [5.41, 5.74) is 2.46. The van der Waals surface area contributed by atoms with E-state index in [1.54, 1.807) is 0 Å². The van der Waals surface area contributed by atoms with Gasteiger partial charge in [-0.2, -0.15) is 5.10 Å². The molecule has 0 radical (unpaired) electrons. The molecule has 1 N–H and O–H groups in total. The van der Waals surface area contributed by atoms with Gasteiger partial charge in [-0.15, -0.1) is 0 Å². The van der Waals surface area contributed by atoms with Crippen molar-refractivity contribution in [3.8, 4) is 0 Å². The maximum Gasteiger partial charge on any atom is 0.0766 e. The van der Waals surface area contributed by atoms with Crippen LogP contribution in [0.4, 0.5) is 0 Å². The van der Waals surface area contributed by atoms with Crippen LogP contribution < -0.4 is 5.32 Å². The summed E-state index contributed by atoms with van der Waals surface area (Å²) in [7, 11) is 2.03. The number of hydrogen-bond donors (Lipinski definition) is 1. The highest BCUT2D eigenvalue weighted by molar-refractivity contribution is 9.10. The fourth-order valence-corrected chi connectivity index (χ4v) is 2.66. The average Bonchev–Trinajstić information content (AvgIpc) is 2.53. The van der Waals surface area contributed by atoms with E-state index in [1.165, 1.54) is 10.2 Å². The van der Waals surface area contributed by atoms with E-state index in [-0.39, 0.29) is 0 Å². The Balaban J connectivity index is 2.64. The van der Waals surface area contributed by atoms with Crippen molar-refractivity contribution in [2.24, 2.45) is 13.0 Å². The normalized spacial score (nSPS) is 13.4. The van der Waals surface area contributed by atoms with Crippen LogP contribution in [0.25, 0.3) is 0 Å². The van der Waals surface area contributed by atoms with Crippen molar-refractivity contribution in [2.45, 2.75) is 46.6 Å². The van der Waals surface area contributed by atoms with Gasteiger partial charge in [-0.3, -0.25) is 4.68 Å². The maximum atomic E-state index is 4.53. The first-order valence-corrected chi connectivity index (χ1v) is 7.18. The van der Waals surface area contributed by atoms with Gasteiger partial charge in [0, 0.05) is 13.1 Å². The third kappa shape index (κ3) is 4.11. The Morgan fingerprint density at radius 3 is 2.47 bits per heavy atom. The summed E-state index contributed by atoms with van der Waals surface area (Å²) >= 11 is 3.67. The van der Waals surface area contributed by atoms with Gasteiger partial charge in [0.2, 0.25) is 0 Å². The number of nitrogens with zero attached hydrogens (tertiary/aromatic N) is 2. The predicted octanol–water partition coefficient (Wildman–Crippen LogP) is 2.92. The van der Waals surface area contributed by atoms with Gasteiger partial charge >= 0.3 is 0 Å². The molecule has 1 atom stereocenters. The Hall–Kier alpha value is -0.350. The van der Waals surface area contributed by atoms with E-state index in [4.69, 9.17) is 0 Å². The van der Waals surface area contributed by atoms with Crippen molar-refractivity contribution in [3.05, 3.63) is 15.9 Å². The predicted molar refractivity (Wildman–Crippen MR) is 76.3 cm³/mol. The minimum atomic E-state index is 0.554. The minimum absolute atomic E-state index is 0.554. The largest absolute Gasteiger partial charge is 0.314 e. The highest BCUT2D eigenvalue weighted by Crippen LogP contribution is 2.23. The zero-order valence-electron chi connectivity index (χ0n) is 11.5. The standard InChI is InChI=1S/C13H24BrN3/c1-6-11-13(14)12(17(5)16-11)7-10(4)8-15-9(2)3/h9-10,15H,6-8H2,1-5H3. The molecular weight excluding hydrogens is 278 g/mol. The molecule has 0 fully saturated rings. The van der Waals surface area contributed by atoms with Crippen molar-refractivity contribution in [3.63, 3.8) is 0 Å². The molecule has 0 aliphatic heterocycles. The molecule has 0 bridgehead atoms. The van der Waals surface area contributed by atoms with E-state index in [9.17, 15) is 0 Å². The zero-order chi connectivity index (χ0) is 13.0. The summed E-state index contributed by atoms with van der Waals surface area (Å²) in [5.74, 6) is 0.619. The highest BCUT2D eigenvalue weighted by atomic mass is 79.9. The molecule has 0 aliphatic rings. The SMILES string of the molecule is CCc1nn(C)c(CC(C)CNC(C)C)c1Br. The molecule has 1 rings (SSSR count). The van der Waals surface area contributed by atoms with Crippen LogP contribution in [0.5, 0.6) is 0 Å². The number of aromatic nitrogens is 2. The quantitative estimate of drug-likeness (QED) is 0.875. The maximum absolute atomic E-state index is 4.53. The van der Waals surface area contributed by atoms with E-state index in [1.807, 2.05) is 11.7 Å². The summed E-state index contributed by atoms with van der Waals surface area (Å²) in [5, 5.41) is 8.01. The lowest BCUT2D eigenvalue weighted by Crippen LogP contribution is -2.29. The molecule has 1 unspecified atom stereocenters. The molecular formula is C13H24BrN3. The first-order chi connectivity index (χ1) is 7.95. The number of nitrogens with one attached hydrogen (secondary N) is 1. The van der Waals surface area contributed by atoms with Crippen LogP contribution in [-0.4, -0.2) is 22.4 Å². The third-order valence-corrected chi connectivity index (χ3v) is 3.83. The molecule has 0 amide bonds. The van der Waals surface area contributed by atoms with Crippen LogP contribution >= 0.6 is 15.9 Å². The molecule has 1 heterocycles. The molecule has 0 aliphatic carbocycles. The van der Waals surface area contributed by atoms with Crippen LogP contribution in [0.1, 0.15) is 39.1 Å². The van der Waals surface area contributed by atoms with Gasteiger partial charge in [0.25, 0.3) is 0 Å². The summed E-state index contributed by atoms with van der Waals surface area (Å²) in [6.07, 6.45) is 2.04. The fraction of sp³-hybridized carbons (Fsp3) is 0.769. The Morgan fingerprint density at radius 2 is 2.00 bits per heavy atom. The first-order valence-electron chi connectivity index (χ1n) is 6.39. The Labute approximate surface area is 113 Å². The summed E-state index contributed by atoms with van der Waals surface area (Å²) in [4.78, 5) is 0. The van der Waals surface area contributed by atoms with Gasteiger partial charge in [-0.05, 0) is 41.2 Å². The van der Waals surface area contributed by atoms with Gasteiger partial charge in [-0.25, -0.2) is 0 Å². The molecule has 17 heavy (non-hydrogen) atoms. The van der Waals surface area contributed by atoms with Crippen molar-refractivity contribution < 1.29 is 0 Å². The van der Waals surface area contributed by atoms with E-state index in [2.05, 4.69) is 54.0 Å². The van der Waals surface area contributed by atoms with E-state index >= 15 is 0 Å². The second kappa shape index (κ2) is 6.55. The number of aryl methyl sites for hydroxylation is 2. The van der Waals surface area contributed by atoms with Crippen molar-refractivity contribution in [1.29, 1.82) is 0 Å². The van der Waals surface area contributed by atoms with Crippen LogP contribution in [0.3, 0.4) is 0 Å². The van der Waals surface area contributed by atoms with Gasteiger partial charge in [0.15, 0.2) is 0 Å². The lowest BCUT2D eigenvalue weighted by molar-refractivity contribution is 0.465. The molecule has 4 heteroatoms. The monoisotopic (exact) mass is 301 g/mol. The molecule has 0 aromatic carbocycles. The highest BCUT2D eigenvalue weighted by Gasteiger charge is 2.15. The van der Waals surface area contributed by atoms with E-state index in [0.717, 1.165) is 25.1 Å². The van der Waals surface area contributed by atoms with Gasteiger partial charge in [-0.1, -0.05) is 27.7 Å². The Bertz CT molecular complexity index is 358.